The first-order valence-electron chi connectivity index (χ1n) is 5.66. The van der Waals surface area contributed by atoms with Crippen LogP contribution in [0.15, 0.2) is 18.2 Å². The molecule has 1 aromatic heterocycles. The van der Waals surface area contributed by atoms with Gasteiger partial charge in [0.05, 0.1) is 12.3 Å². The van der Waals surface area contributed by atoms with Crippen LogP contribution >= 0.6 is 0 Å². The summed E-state index contributed by atoms with van der Waals surface area (Å²) in [7, 11) is 2.05. The second-order valence-corrected chi connectivity index (χ2v) is 3.90. The van der Waals surface area contributed by atoms with Gasteiger partial charge in [0, 0.05) is 25.2 Å². The van der Waals surface area contributed by atoms with Gasteiger partial charge in [-0.15, -0.1) is 0 Å². The summed E-state index contributed by atoms with van der Waals surface area (Å²) in [4.78, 5) is 6.59. The number of ether oxygens (including phenoxy) is 1. The molecule has 2 N–H and O–H groups in total. The maximum Gasteiger partial charge on any atom is 0.213 e. The van der Waals surface area contributed by atoms with Gasteiger partial charge in [-0.3, -0.25) is 4.90 Å². The molecule has 90 valence electrons. The van der Waals surface area contributed by atoms with E-state index in [0.29, 0.717) is 25.1 Å². The van der Waals surface area contributed by atoms with Crippen molar-refractivity contribution < 1.29 is 4.74 Å². The molecule has 0 aliphatic rings. The first-order valence-corrected chi connectivity index (χ1v) is 5.66. The Balaban J connectivity index is 2.62. The van der Waals surface area contributed by atoms with Crippen molar-refractivity contribution in [3.8, 4) is 5.88 Å². The lowest BCUT2D eigenvalue weighted by atomic mass is 10.2. The zero-order chi connectivity index (χ0) is 12.0. The minimum Gasteiger partial charge on any atom is -0.478 e. The van der Waals surface area contributed by atoms with Gasteiger partial charge in [0.1, 0.15) is 0 Å². The molecule has 0 bridgehead atoms. The Hall–Kier alpha value is -1.13. The Bertz CT molecular complexity index is 317. The van der Waals surface area contributed by atoms with Gasteiger partial charge < -0.3 is 10.5 Å². The Morgan fingerprint density at radius 1 is 1.50 bits per heavy atom. The van der Waals surface area contributed by atoms with Crippen molar-refractivity contribution in [2.45, 2.75) is 26.4 Å². The maximum absolute atomic E-state index is 5.62. The van der Waals surface area contributed by atoms with Crippen LogP contribution in [0.1, 0.15) is 19.5 Å². The number of nitrogens with zero attached hydrogens (tertiary/aromatic N) is 2. The van der Waals surface area contributed by atoms with E-state index in [-0.39, 0.29) is 0 Å². The van der Waals surface area contributed by atoms with Gasteiger partial charge in [-0.25, -0.2) is 4.98 Å². The van der Waals surface area contributed by atoms with Crippen molar-refractivity contribution in [3.63, 3.8) is 0 Å². The zero-order valence-corrected chi connectivity index (χ0v) is 10.3. The summed E-state index contributed by atoms with van der Waals surface area (Å²) < 4.78 is 5.36. The van der Waals surface area contributed by atoms with Crippen LogP contribution in [0.2, 0.25) is 0 Å². The van der Waals surface area contributed by atoms with Gasteiger partial charge in [-0.1, -0.05) is 6.07 Å². The quantitative estimate of drug-likeness (QED) is 0.789. The summed E-state index contributed by atoms with van der Waals surface area (Å²) in [5.41, 5.74) is 6.63. The minimum absolute atomic E-state index is 0.359. The average Bonchev–Trinajstić information content (AvgIpc) is 2.29. The zero-order valence-electron chi connectivity index (χ0n) is 10.3. The maximum atomic E-state index is 5.62. The molecule has 4 heteroatoms. The standard InChI is InChI=1S/C12H21N3O/c1-4-16-12-7-5-6-11(14-12)9-15(3)10(2)8-13/h5-7,10H,4,8-9,13H2,1-3H3. The van der Waals surface area contributed by atoms with E-state index >= 15 is 0 Å². The minimum atomic E-state index is 0.359. The topological polar surface area (TPSA) is 51.4 Å². The van der Waals surface area contributed by atoms with Gasteiger partial charge >= 0.3 is 0 Å². The fraction of sp³-hybridized carbons (Fsp3) is 0.583. The molecule has 16 heavy (non-hydrogen) atoms. The number of hydrogen-bond donors (Lipinski definition) is 1. The average molecular weight is 223 g/mol. The molecule has 0 aromatic carbocycles. The Morgan fingerprint density at radius 3 is 2.88 bits per heavy atom. The largest absolute Gasteiger partial charge is 0.478 e. The van der Waals surface area contributed by atoms with Crippen LogP contribution in [0.4, 0.5) is 0 Å². The molecule has 1 aromatic rings. The number of nitrogens with two attached hydrogens (primary N) is 1. The summed E-state index contributed by atoms with van der Waals surface area (Å²) in [5.74, 6) is 0.689. The van der Waals surface area contributed by atoms with Crippen molar-refractivity contribution in [2.75, 3.05) is 20.2 Å². The molecular formula is C12H21N3O. The van der Waals surface area contributed by atoms with Gasteiger partial charge in [0.25, 0.3) is 0 Å². The first-order chi connectivity index (χ1) is 7.67. The number of likely N-dealkylation sites (N-methyl/N-ethyl adjacent to an activating group) is 1. The summed E-state index contributed by atoms with van der Waals surface area (Å²) in [6, 6.07) is 6.20. The second kappa shape index (κ2) is 6.45. The predicted octanol–water partition coefficient (Wildman–Crippen LogP) is 1.26. The molecule has 0 radical (unpaired) electrons. The molecule has 0 saturated carbocycles. The van der Waals surface area contributed by atoms with E-state index in [1.807, 2.05) is 32.2 Å². The molecule has 1 unspecified atom stereocenters. The summed E-state index contributed by atoms with van der Waals surface area (Å²) in [6.07, 6.45) is 0. The predicted molar refractivity (Wildman–Crippen MR) is 65.4 cm³/mol. The monoisotopic (exact) mass is 223 g/mol. The van der Waals surface area contributed by atoms with Gasteiger partial charge in [0.15, 0.2) is 0 Å². The normalized spacial score (nSPS) is 12.8. The molecule has 0 saturated heterocycles. The highest BCUT2D eigenvalue weighted by Crippen LogP contribution is 2.09. The molecule has 0 amide bonds. The van der Waals surface area contributed by atoms with Crippen LogP contribution in [-0.4, -0.2) is 36.1 Å². The number of hydrogen-bond acceptors (Lipinski definition) is 4. The van der Waals surface area contributed by atoms with E-state index in [1.54, 1.807) is 0 Å². The van der Waals surface area contributed by atoms with E-state index < -0.39 is 0 Å². The van der Waals surface area contributed by atoms with Crippen LogP contribution in [0, 0.1) is 0 Å². The third-order valence-corrected chi connectivity index (χ3v) is 2.58. The van der Waals surface area contributed by atoms with Crippen molar-refractivity contribution in [1.29, 1.82) is 0 Å². The van der Waals surface area contributed by atoms with E-state index in [9.17, 15) is 0 Å². The Kier molecular flexibility index (Phi) is 5.22. The van der Waals surface area contributed by atoms with Crippen molar-refractivity contribution in [2.24, 2.45) is 5.73 Å². The smallest absolute Gasteiger partial charge is 0.213 e. The van der Waals surface area contributed by atoms with Crippen LogP contribution in [0.3, 0.4) is 0 Å². The lowest BCUT2D eigenvalue weighted by molar-refractivity contribution is 0.249. The Morgan fingerprint density at radius 2 is 2.25 bits per heavy atom. The molecule has 0 spiro atoms. The highest BCUT2D eigenvalue weighted by atomic mass is 16.5. The number of aromatic nitrogens is 1. The third-order valence-electron chi connectivity index (χ3n) is 2.58. The summed E-state index contributed by atoms with van der Waals surface area (Å²) in [6.45, 7) is 6.15. The first kappa shape index (κ1) is 12.9. The number of rotatable bonds is 6. The molecular weight excluding hydrogens is 202 g/mol. The second-order valence-electron chi connectivity index (χ2n) is 3.90. The SMILES string of the molecule is CCOc1cccc(CN(C)C(C)CN)n1. The lowest BCUT2D eigenvalue weighted by Crippen LogP contribution is -2.34. The van der Waals surface area contributed by atoms with Gasteiger partial charge in [0.2, 0.25) is 5.88 Å². The molecule has 4 nitrogen and oxygen atoms in total. The van der Waals surface area contributed by atoms with Crippen molar-refractivity contribution in [1.82, 2.24) is 9.88 Å². The summed E-state index contributed by atoms with van der Waals surface area (Å²) >= 11 is 0. The molecule has 1 heterocycles. The van der Waals surface area contributed by atoms with E-state index in [2.05, 4.69) is 16.8 Å². The van der Waals surface area contributed by atoms with Crippen molar-refractivity contribution >= 4 is 0 Å². The highest BCUT2D eigenvalue weighted by molar-refractivity contribution is 5.15. The summed E-state index contributed by atoms with van der Waals surface area (Å²) in [5, 5.41) is 0. The van der Waals surface area contributed by atoms with E-state index in [4.69, 9.17) is 10.5 Å². The lowest BCUT2D eigenvalue weighted by Gasteiger charge is -2.22. The highest BCUT2D eigenvalue weighted by Gasteiger charge is 2.08. The molecule has 1 rings (SSSR count). The van der Waals surface area contributed by atoms with Gasteiger partial charge in [-0.05, 0) is 27.0 Å². The Labute approximate surface area is 97.4 Å². The number of pyridine rings is 1. The molecule has 0 aliphatic heterocycles. The van der Waals surface area contributed by atoms with Gasteiger partial charge in [-0.2, -0.15) is 0 Å². The fourth-order valence-electron chi connectivity index (χ4n) is 1.37. The van der Waals surface area contributed by atoms with E-state index in [1.165, 1.54) is 0 Å². The molecule has 0 aliphatic carbocycles. The fourth-order valence-corrected chi connectivity index (χ4v) is 1.37. The third kappa shape index (κ3) is 3.79. The molecule has 0 fully saturated rings. The van der Waals surface area contributed by atoms with Crippen LogP contribution in [0.25, 0.3) is 0 Å². The van der Waals surface area contributed by atoms with Crippen LogP contribution < -0.4 is 10.5 Å². The molecule has 1 atom stereocenters. The van der Waals surface area contributed by atoms with E-state index in [0.717, 1.165) is 12.2 Å². The van der Waals surface area contributed by atoms with Crippen LogP contribution in [-0.2, 0) is 6.54 Å². The van der Waals surface area contributed by atoms with Crippen LogP contribution in [0.5, 0.6) is 5.88 Å². The van der Waals surface area contributed by atoms with Crippen molar-refractivity contribution in [3.05, 3.63) is 23.9 Å².